The van der Waals surface area contributed by atoms with Crippen molar-refractivity contribution in [1.29, 1.82) is 0 Å². The largest absolute Gasteiger partial charge is 0.379 e. The van der Waals surface area contributed by atoms with E-state index in [1.165, 1.54) is 0 Å². The molecule has 15 heavy (non-hydrogen) atoms. The fourth-order valence-corrected chi connectivity index (χ4v) is 1.64. The zero-order valence-corrected chi connectivity index (χ0v) is 10.7. The molecule has 0 aromatic heterocycles. The van der Waals surface area contributed by atoms with Crippen LogP contribution in [0.15, 0.2) is 0 Å². The van der Waals surface area contributed by atoms with E-state index in [2.05, 4.69) is 13.8 Å². The molecule has 3 unspecified atom stereocenters. The summed E-state index contributed by atoms with van der Waals surface area (Å²) in [6, 6.07) is 0.157. The van der Waals surface area contributed by atoms with Gasteiger partial charge in [-0.25, -0.2) is 0 Å². The van der Waals surface area contributed by atoms with Crippen molar-refractivity contribution in [3.63, 3.8) is 0 Å². The Morgan fingerprint density at radius 2 is 1.87 bits per heavy atom. The van der Waals surface area contributed by atoms with Crippen LogP contribution in [0.3, 0.4) is 0 Å². The van der Waals surface area contributed by atoms with Crippen LogP contribution in [-0.2, 0) is 9.47 Å². The first-order valence-electron chi connectivity index (χ1n) is 6.14. The highest BCUT2D eigenvalue weighted by Gasteiger charge is 2.18. The van der Waals surface area contributed by atoms with Gasteiger partial charge >= 0.3 is 0 Å². The SMILES string of the molecule is CCCC(N)C(CC)OC(C)COCC. The standard InChI is InChI=1S/C12H27NO2/c1-5-8-11(13)12(6-2)15-10(4)9-14-7-3/h10-12H,5-9,13H2,1-4H3. The van der Waals surface area contributed by atoms with E-state index >= 15 is 0 Å². The average Bonchev–Trinajstić information content (AvgIpc) is 2.23. The molecule has 0 saturated heterocycles. The van der Waals surface area contributed by atoms with Gasteiger partial charge in [0.1, 0.15) is 0 Å². The minimum absolute atomic E-state index is 0.137. The third kappa shape index (κ3) is 6.88. The molecular formula is C12H27NO2. The van der Waals surface area contributed by atoms with Crippen molar-refractivity contribution in [2.45, 2.75) is 65.2 Å². The lowest BCUT2D eigenvalue weighted by atomic mass is 10.0. The molecule has 0 rings (SSSR count). The molecule has 0 fully saturated rings. The first-order valence-corrected chi connectivity index (χ1v) is 6.14. The van der Waals surface area contributed by atoms with Crippen LogP contribution in [0, 0.1) is 0 Å². The molecule has 0 amide bonds. The third-order valence-corrected chi connectivity index (χ3v) is 2.47. The van der Waals surface area contributed by atoms with Crippen molar-refractivity contribution in [2.24, 2.45) is 5.73 Å². The number of rotatable bonds is 9. The minimum atomic E-state index is 0.137. The summed E-state index contributed by atoms with van der Waals surface area (Å²) in [5.74, 6) is 0. The van der Waals surface area contributed by atoms with E-state index in [1.807, 2.05) is 13.8 Å². The summed E-state index contributed by atoms with van der Waals surface area (Å²) in [5.41, 5.74) is 6.05. The number of nitrogens with two attached hydrogens (primary N) is 1. The monoisotopic (exact) mass is 217 g/mol. The second-order valence-electron chi connectivity index (χ2n) is 4.01. The molecule has 92 valence electrons. The molecule has 0 aliphatic heterocycles. The Labute approximate surface area is 94.3 Å². The van der Waals surface area contributed by atoms with Gasteiger partial charge in [-0.15, -0.1) is 0 Å². The molecule has 2 N–H and O–H groups in total. The van der Waals surface area contributed by atoms with Crippen molar-refractivity contribution in [3.05, 3.63) is 0 Å². The Morgan fingerprint density at radius 1 is 1.20 bits per heavy atom. The number of hydrogen-bond acceptors (Lipinski definition) is 3. The highest BCUT2D eigenvalue weighted by atomic mass is 16.5. The summed E-state index contributed by atoms with van der Waals surface area (Å²) in [6.07, 6.45) is 3.41. The molecule has 0 saturated carbocycles. The van der Waals surface area contributed by atoms with Crippen LogP contribution in [0.5, 0.6) is 0 Å². The maximum absolute atomic E-state index is 6.05. The van der Waals surface area contributed by atoms with Gasteiger partial charge in [0.2, 0.25) is 0 Å². The van der Waals surface area contributed by atoms with E-state index in [0.717, 1.165) is 25.9 Å². The summed E-state index contributed by atoms with van der Waals surface area (Å²) < 4.78 is 11.2. The quantitative estimate of drug-likeness (QED) is 0.644. The minimum Gasteiger partial charge on any atom is -0.379 e. The topological polar surface area (TPSA) is 44.5 Å². The Kier molecular flexibility index (Phi) is 9.06. The number of hydrogen-bond donors (Lipinski definition) is 1. The fraction of sp³-hybridized carbons (Fsp3) is 1.00. The molecule has 3 atom stereocenters. The Balaban J connectivity index is 3.85. The highest BCUT2D eigenvalue weighted by Crippen LogP contribution is 2.10. The van der Waals surface area contributed by atoms with E-state index in [4.69, 9.17) is 15.2 Å². The maximum atomic E-state index is 6.05. The van der Waals surface area contributed by atoms with Gasteiger partial charge in [-0.3, -0.25) is 0 Å². The summed E-state index contributed by atoms with van der Waals surface area (Å²) in [6.45, 7) is 9.70. The van der Waals surface area contributed by atoms with Gasteiger partial charge in [0.25, 0.3) is 0 Å². The smallest absolute Gasteiger partial charge is 0.0785 e. The molecule has 0 aromatic carbocycles. The predicted molar refractivity (Wildman–Crippen MR) is 64.0 cm³/mol. The zero-order chi connectivity index (χ0) is 11.7. The van der Waals surface area contributed by atoms with Crippen molar-refractivity contribution in [2.75, 3.05) is 13.2 Å². The normalized spacial score (nSPS) is 17.4. The zero-order valence-electron chi connectivity index (χ0n) is 10.7. The third-order valence-electron chi connectivity index (χ3n) is 2.47. The molecule has 3 nitrogen and oxygen atoms in total. The van der Waals surface area contributed by atoms with Crippen LogP contribution in [-0.4, -0.2) is 31.5 Å². The second-order valence-corrected chi connectivity index (χ2v) is 4.01. The van der Waals surface area contributed by atoms with E-state index in [-0.39, 0.29) is 18.2 Å². The average molecular weight is 217 g/mol. The fourth-order valence-electron chi connectivity index (χ4n) is 1.64. The van der Waals surface area contributed by atoms with Gasteiger partial charge in [0.15, 0.2) is 0 Å². The van der Waals surface area contributed by atoms with Crippen LogP contribution in [0.2, 0.25) is 0 Å². The first kappa shape index (κ1) is 14.9. The van der Waals surface area contributed by atoms with Gasteiger partial charge in [0, 0.05) is 12.6 Å². The van der Waals surface area contributed by atoms with Gasteiger partial charge < -0.3 is 15.2 Å². The van der Waals surface area contributed by atoms with Crippen molar-refractivity contribution in [1.82, 2.24) is 0 Å². The number of ether oxygens (including phenoxy) is 2. The lowest BCUT2D eigenvalue weighted by Crippen LogP contribution is -2.39. The molecule has 3 heteroatoms. The summed E-state index contributed by atoms with van der Waals surface area (Å²) in [7, 11) is 0. The lowest BCUT2D eigenvalue weighted by molar-refractivity contribution is -0.0572. The molecule has 0 spiro atoms. The molecule has 0 radical (unpaired) electrons. The van der Waals surface area contributed by atoms with Crippen LogP contribution in [0.4, 0.5) is 0 Å². The van der Waals surface area contributed by atoms with Crippen LogP contribution in [0.25, 0.3) is 0 Å². The predicted octanol–water partition coefficient (Wildman–Crippen LogP) is 2.33. The van der Waals surface area contributed by atoms with Gasteiger partial charge in [-0.1, -0.05) is 20.3 Å². The van der Waals surface area contributed by atoms with Crippen molar-refractivity contribution >= 4 is 0 Å². The van der Waals surface area contributed by atoms with E-state index in [9.17, 15) is 0 Å². The van der Waals surface area contributed by atoms with Crippen LogP contribution in [0.1, 0.15) is 47.0 Å². The van der Waals surface area contributed by atoms with Gasteiger partial charge in [-0.05, 0) is 26.7 Å². The molecular weight excluding hydrogens is 190 g/mol. The first-order chi connectivity index (χ1) is 7.15. The van der Waals surface area contributed by atoms with Crippen LogP contribution >= 0.6 is 0 Å². The Bertz CT molecular complexity index is 142. The van der Waals surface area contributed by atoms with Gasteiger partial charge in [-0.2, -0.15) is 0 Å². The van der Waals surface area contributed by atoms with Crippen LogP contribution < -0.4 is 5.73 Å². The van der Waals surface area contributed by atoms with E-state index in [0.29, 0.717) is 6.61 Å². The highest BCUT2D eigenvalue weighted by molar-refractivity contribution is 4.72. The molecule has 0 aromatic rings. The van der Waals surface area contributed by atoms with E-state index < -0.39 is 0 Å². The summed E-state index contributed by atoms with van der Waals surface area (Å²) >= 11 is 0. The Morgan fingerprint density at radius 3 is 2.33 bits per heavy atom. The second kappa shape index (κ2) is 9.13. The lowest BCUT2D eigenvalue weighted by Gasteiger charge is -2.26. The van der Waals surface area contributed by atoms with Crippen molar-refractivity contribution in [3.8, 4) is 0 Å². The molecule has 0 bridgehead atoms. The molecule has 0 aliphatic rings. The van der Waals surface area contributed by atoms with Crippen molar-refractivity contribution < 1.29 is 9.47 Å². The maximum Gasteiger partial charge on any atom is 0.0785 e. The Hall–Kier alpha value is -0.120. The van der Waals surface area contributed by atoms with E-state index in [1.54, 1.807) is 0 Å². The molecule has 0 heterocycles. The summed E-state index contributed by atoms with van der Waals surface area (Å²) in [5, 5.41) is 0. The summed E-state index contributed by atoms with van der Waals surface area (Å²) in [4.78, 5) is 0. The molecule has 0 aliphatic carbocycles. The van der Waals surface area contributed by atoms with Gasteiger partial charge in [0.05, 0.1) is 18.8 Å².